The molecule has 144 valence electrons. The first-order valence-corrected chi connectivity index (χ1v) is 9.24. The summed E-state index contributed by atoms with van der Waals surface area (Å²) in [4.78, 5) is 19.6. The first-order valence-electron chi connectivity index (χ1n) is 8.29. The van der Waals surface area contributed by atoms with Crippen molar-refractivity contribution >= 4 is 42.1 Å². The Labute approximate surface area is 169 Å². The number of thiophene rings is 1. The number of rotatable bonds is 5. The zero-order valence-electron chi connectivity index (χ0n) is 14.2. The van der Waals surface area contributed by atoms with Gasteiger partial charge in [0.05, 0.1) is 12.9 Å². The van der Waals surface area contributed by atoms with Crippen LogP contribution in [0.2, 0.25) is 0 Å². The van der Waals surface area contributed by atoms with Gasteiger partial charge in [-0.2, -0.15) is 11.3 Å². The fourth-order valence-electron chi connectivity index (χ4n) is 3.87. The summed E-state index contributed by atoms with van der Waals surface area (Å²) in [5.41, 5.74) is -0.526. The average Bonchev–Trinajstić information content (AvgIpc) is 3.32. The Hall–Kier alpha value is -1.12. The van der Waals surface area contributed by atoms with Gasteiger partial charge in [-0.25, -0.2) is 9.78 Å². The number of aliphatic hydroxyl groups excluding tert-OH is 1. The van der Waals surface area contributed by atoms with Crippen LogP contribution < -0.4 is 0 Å². The molecule has 0 amide bonds. The molecule has 6 nitrogen and oxygen atoms in total. The summed E-state index contributed by atoms with van der Waals surface area (Å²) in [5, 5.41) is 14.0. The molecule has 0 spiro atoms. The largest absolute Gasteiger partial charge is 0.459 e. The van der Waals surface area contributed by atoms with Crippen LogP contribution in [0.1, 0.15) is 18.4 Å². The van der Waals surface area contributed by atoms with Crippen LogP contribution in [0.5, 0.6) is 0 Å². The molecule has 2 aromatic heterocycles. The van der Waals surface area contributed by atoms with Gasteiger partial charge in [0.25, 0.3) is 0 Å². The molecule has 5 rings (SSSR count). The zero-order valence-corrected chi connectivity index (χ0v) is 16.6. The molecule has 3 aliphatic rings. The van der Waals surface area contributed by atoms with Crippen molar-refractivity contribution in [3.8, 4) is 0 Å². The molecular formula is C17H23Cl2N3O3S. The van der Waals surface area contributed by atoms with Crippen molar-refractivity contribution in [1.29, 1.82) is 0 Å². The number of halogens is 2. The third kappa shape index (κ3) is 3.51. The quantitative estimate of drug-likeness (QED) is 0.751. The average molecular weight is 420 g/mol. The van der Waals surface area contributed by atoms with Crippen molar-refractivity contribution < 1.29 is 14.6 Å². The highest BCUT2D eigenvalue weighted by Crippen LogP contribution is 2.34. The Morgan fingerprint density at radius 3 is 2.65 bits per heavy atom. The second kappa shape index (κ2) is 8.71. The van der Waals surface area contributed by atoms with E-state index in [1.165, 1.54) is 11.3 Å². The monoisotopic (exact) mass is 419 g/mol. The Balaban J connectivity index is 0.00000121. The van der Waals surface area contributed by atoms with E-state index in [0.29, 0.717) is 5.92 Å². The molecule has 2 atom stereocenters. The SMILES string of the molecule is Cl.Cl.O=C(O[C@H]1CN2CCC1CC2)[C@@](CO)(c1ccsc1)n1ccnc1. The van der Waals surface area contributed by atoms with Crippen LogP contribution in [0.15, 0.2) is 35.5 Å². The van der Waals surface area contributed by atoms with Crippen molar-refractivity contribution in [3.63, 3.8) is 0 Å². The number of aliphatic hydroxyl groups is 1. The summed E-state index contributed by atoms with van der Waals surface area (Å²) in [7, 11) is 0. The van der Waals surface area contributed by atoms with E-state index in [4.69, 9.17) is 4.74 Å². The van der Waals surface area contributed by atoms with E-state index < -0.39 is 11.5 Å². The highest BCUT2D eigenvalue weighted by molar-refractivity contribution is 7.08. The van der Waals surface area contributed by atoms with E-state index in [0.717, 1.165) is 38.0 Å². The minimum atomic E-state index is -1.26. The Kier molecular flexibility index (Phi) is 7.10. The van der Waals surface area contributed by atoms with Gasteiger partial charge in [-0.1, -0.05) is 0 Å². The number of ether oxygens (including phenoxy) is 1. The number of aromatic nitrogens is 2. The number of carbonyl (C=O) groups excluding carboxylic acids is 1. The van der Waals surface area contributed by atoms with E-state index in [1.807, 2.05) is 16.8 Å². The van der Waals surface area contributed by atoms with Gasteiger partial charge in [0.1, 0.15) is 6.10 Å². The Bertz CT molecular complexity index is 654. The van der Waals surface area contributed by atoms with Crippen molar-refractivity contribution in [2.75, 3.05) is 26.2 Å². The van der Waals surface area contributed by atoms with E-state index in [-0.39, 0.29) is 37.5 Å². The number of hydrogen-bond acceptors (Lipinski definition) is 6. The third-order valence-corrected chi connectivity index (χ3v) is 6.05. The zero-order chi connectivity index (χ0) is 16.6. The molecule has 3 aliphatic heterocycles. The maximum Gasteiger partial charge on any atom is 0.339 e. The molecular weight excluding hydrogens is 397 g/mol. The van der Waals surface area contributed by atoms with Crippen molar-refractivity contribution in [3.05, 3.63) is 41.1 Å². The molecule has 26 heavy (non-hydrogen) atoms. The lowest BCUT2D eigenvalue weighted by Crippen LogP contribution is -2.55. The molecule has 0 unspecified atom stereocenters. The second-order valence-corrected chi connectivity index (χ2v) is 7.36. The predicted octanol–water partition coefficient (Wildman–Crippen LogP) is 2.16. The topological polar surface area (TPSA) is 67.6 Å². The van der Waals surface area contributed by atoms with Crippen LogP contribution >= 0.6 is 36.2 Å². The van der Waals surface area contributed by atoms with Crippen LogP contribution in [0, 0.1) is 5.92 Å². The van der Waals surface area contributed by atoms with E-state index >= 15 is 0 Å². The summed E-state index contributed by atoms with van der Waals surface area (Å²) in [5.74, 6) is 0.0285. The summed E-state index contributed by atoms with van der Waals surface area (Å²) in [6.07, 6.45) is 6.93. The summed E-state index contributed by atoms with van der Waals surface area (Å²) >= 11 is 1.49. The van der Waals surface area contributed by atoms with Crippen molar-refractivity contribution in [1.82, 2.24) is 14.5 Å². The highest BCUT2D eigenvalue weighted by Gasteiger charge is 2.46. The van der Waals surface area contributed by atoms with Gasteiger partial charge in [0.15, 0.2) is 5.54 Å². The van der Waals surface area contributed by atoms with Crippen LogP contribution in [0.3, 0.4) is 0 Å². The lowest BCUT2D eigenvalue weighted by molar-refractivity contribution is -0.169. The molecule has 0 saturated carbocycles. The van der Waals surface area contributed by atoms with Gasteiger partial charge in [0.2, 0.25) is 0 Å². The van der Waals surface area contributed by atoms with E-state index in [9.17, 15) is 9.90 Å². The van der Waals surface area contributed by atoms with Gasteiger partial charge >= 0.3 is 5.97 Å². The summed E-state index contributed by atoms with van der Waals surface area (Å²) in [6, 6.07) is 1.86. The number of piperidine rings is 3. The number of hydrogen-bond donors (Lipinski definition) is 1. The molecule has 2 bridgehead atoms. The van der Waals surface area contributed by atoms with Crippen molar-refractivity contribution in [2.45, 2.75) is 24.5 Å². The van der Waals surface area contributed by atoms with Crippen LogP contribution in [-0.2, 0) is 15.1 Å². The number of imidazole rings is 1. The first kappa shape index (κ1) is 21.2. The third-order valence-electron chi connectivity index (χ3n) is 5.37. The van der Waals surface area contributed by atoms with E-state index in [1.54, 1.807) is 23.3 Å². The van der Waals surface area contributed by atoms with Crippen molar-refractivity contribution in [2.24, 2.45) is 5.92 Å². The van der Waals surface area contributed by atoms with Crippen LogP contribution in [-0.4, -0.2) is 57.9 Å². The Morgan fingerprint density at radius 2 is 2.15 bits per heavy atom. The first-order chi connectivity index (χ1) is 11.7. The normalized spacial score (nSPS) is 26.3. The standard InChI is InChI=1S/C17H21N3O3S.2ClH/c21-11-17(14-3-8-24-10-14,20-7-4-18-12-20)16(22)23-15-9-19-5-1-13(15)2-6-19;;/h3-4,7-8,10,12-13,15,21H,1-2,5-6,9,11H2;2*1H/t15-,17+;;/m0../s1. The lowest BCUT2D eigenvalue weighted by atomic mass is 9.85. The van der Waals surface area contributed by atoms with Gasteiger partial charge in [-0.05, 0) is 48.7 Å². The van der Waals surface area contributed by atoms with Crippen LogP contribution in [0.4, 0.5) is 0 Å². The summed E-state index contributed by atoms with van der Waals surface area (Å²) in [6.45, 7) is 2.62. The molecule has 5 heterocycles. The molecule has 3 saturated heterocycles. The number of carbonyl (C=O) groups is 1. The molecule has 2 aromatic rings. The van der Waals surface area contributed by atoms with Gasteiger partial charge in [-0.15, -0.1) is 24.8 Å². The Morgan fingerprint density at radius 1 is 1.38 bits per heavy atom. The highest BCUT2D eigenvalue weighted by atomic mass is 35.5. The van der Waals surface area contributed by atoms with Gasteiger partial charge in [0, 0.05) is 24.5 Å². The number of esters is 1. The number of fused-ring (bicyclic) bond motifs is 3. The molecule has 1 N–H and O–H groups in total. The lowest BCUT2D eigenvalue weighted by Gasteiger charge is -2.45. The minimum absolute atomic E-state index is 0. The van der Waals surface area contributed by atoms with E-state index in [2.05, 4.69) is 9.88 Å². The predicted molar refractivity (Wildman–Crippen MR) is 104 cm³/mol. The fourth-order valence-corrected chi connectivity index (χ4v) is 4.60. The smallest absolute Gasteiger partial charge is 0.339 e. The second-order valence-electron chi connectivity index (χ2n) is 6.58. The molecule has 0 radical (unpaired) electrons. The molecule has 0 aliphatic carbocycles. The minimum Gasteiger partial charge on any atom is -0.459 e. The fraction of sp³-hybridized carbons (Fsp3) is 0.529. The summed E-state index contributed by atoms with van der Waals surface area (Å²) < 4.78 is 7.60. The molecule has 3 fully saturated rings. The maximum absolute atomic E-state index is 13.2. The molecule has 0 aromatic carbocycles. The van der Waals surface area contributed by atoms with Crippen LogP contribution in [0.25, 0.3) is 0 Å². The molecule has 9 heteroatoms. The van der Waals surface area contributed by atoms with Gasteiger partial charge < -0.3 is 14.4 Å². The maximum atomic E-state index is 13.2. The van der Waals surface area contributed by atoms with Gasteiger partial charge in [-0.3, -0.25) is 4.90 Å². The number of nitrogens with zero attached hydrogens (tertiary/aromatic N) is 3.